The van der Waals surface area contributed by atoms with Crippen LogP contribution in [0.4, 0.5) is 0 Å². The molecule has 2 aromatic carbocycles. The first-order valence-electron chi connectivity index (χ1n) is 8.51. The van der Waals surface area contributed by atoms with E-state index in [1.165, 1.54) is 0 Å². The summed E-state index contributed by atoms with van der Waals surface area (Å²) in [5.74, 6) is 0.782. The van der Waals surface area contributed by atoms with Gasteiger partial charge in [-0.1, -0.05) is 42.5 Å². The summed E-state index contributed by atoms with van der Waals surface area (Å²) in [4.78, 5) is 34.1. The van der Waals surface area contributed by atoms with E-state index in [-0.39, 0.29) is 17.4 Å². The Balaban J connectivity index is 1.64. The Kier molecular flexibility index (Phi) is 4.06. The lowest BCUT2D eigenvalue weighted by Gasteiger charge is -2.22. The molecule has 25 heavy (non-hydrogen) atoms. The highest BCUT2D eigenvalue weighted by atomic mass is 16.2. The van der Waals surface area contributed by atoms with Crippen molar-refractivity contribution in [3.8, 4) is 0 Å². The maximum atomic E-state index is 12.7. The summed E-state index contributed by atoms with van der Waals surface area (Å²) in [6.07, 6.45) is 1.90. The molecule has 1 aromatic heterocycles. The number of hydrogen-bond acceptors (Lipinski definition) is 3. The van der Waals surface area contributed by atoms with Crippen LogP contribution in [0.5, 0.6) is 0 Å². The molecule has 4 rings (SSSR count). The Morgan fingerprint density at radius 2 is 1.76 bits per heavy atom. The van der Waals surface area contributed by atoms with Gasteiger partial charge in [0.1, 0.15) is 5.82 Å². The summed E-state index contributed by atoms with van der Waals surface area (Å²) in [6, 6.07) is 17.1. The zero-order valence-corrected chi connectivity index (χ0v) is 13.8. The maximum Gasteiger partial charge on any atom is 0.258 e. The molecule has 3 aromatic rings. The summed E-state index contributed by atoms with van der Waals surface area (Å²) < 4.78 is 0. The minimum atomic E-state index is -0.167. The second kappa shape index (κ2) is 6.51. The molecule has 0 radical (unpaired) electrons. The van der Waals surface area contributed by atoms with E-state index in [0.717, 1.165) is 18.4 Å². The van der Waals surface area contributed by atoms with E-state index >= 15 is 0 Å². The smallest absolute Gasteiger partial charge is 0.258 e. The van der Waals surface area contributed by atoms with Gasteiger partial charge < -0.3 is 9.88 Å². The van der Waals surface area contributed by atoms with E-state index in [0.29, 0.717) is 29.8 Å². The van der Waals surface area contributed by atoms with Crippen LogP contribution >= 0.6 is 0 Å². The highest BCUT2D eigenvalue weighted by molar-refractivity contribution is 5.81. The van der Waals surface area contributed by atoms with Crippen LogP contribution in [-0.4, -0.2) is 20.8 Å². The Bertz CT molecular complexity index is 961. The monoisotopic (exact) mass is 333 g/mol. The molecule has 1 fully saturated rings. The largest absolute Gasteiger partial charge is 0.331 e. The first-order chi connectivity index (χ1) is 12.2. The van der Waals surface area contributed by atoms with Gasteiger partial charge in [-0.15, -0.1) is 0 Å². The van der Waals surface area contributed by atoms with Gasteiger partial charge in [0.25, 0.3) is 5.56 Å². The van der Waals surface area contributed by atoms with Gasteiger partial charge in [-0.2, -0.15) is 0 Å². The first kappa shape index (κ1) is 15.6. The van der Waals surface area contributed by atoms with E-state index in [1.807, 2.05) is 48.5 Å². The number of rotatable bonds is 5. The Morgan fingerprint density at radius 1 is 1.04 bits per heavy atom. The third-order valence-corrected chi connectivity index (χ3v) is 4.46. The summed E-state index contributed by atoms with van der Waals surface area (Å²) in [5.41, 5.74) is 1.55. The number of amides is 1. The Hall–Kier alpha value is -2.95. The molecule has 0 aliphatic heterocycles. The molecule has 0 bridgehead atoms. The lowest BCUT2D eigenvalue weighted by molar-refractivity contribution is -0.133. The molecule has 126 valence electrons. The van der Waals surface area contributed by atoms with Crippen LogP contribution in [0.3, 0.4) is 0 Å². The molecule has 5 heteroatoms. The lowest BCUT2D eigenvalue weighted by atomic mass is 10.2. The number of hydrogen-bond donors (Lipinski definition) is 1. The molecular weight excluding hydrogens is 314 g/mol. The van der Waals surface area contributed by atoms with Crippen molar-refractivity contribution in [2.24, 2.45) is 5.92 Å². The summed E-state index contributed by atoms with van der Waals surface area (Å²) in [7, 11) is 0. The van der Waals surface area contributed by atoms with Gasteiger partial charge in [0, 0.05) is 12.5 Å². The zero-order chi connectivity index (χ0) is 17.2. The van der Waals surface area contributed by atoms with E-state index in [2.05, 4.69) is 9.97 Å². The quantitative estimate of drug-likeness (QED) is 0.781. The van der Waals surface area contributed by atoms with Gasteiger partial charge in [-0.3, -0.25) is 9.59 Å². The minimum absolute atomic E-state index is 0.121. The number of aromatic nitrogens is 2. The third kappa shape index (κ3) is 3.45. The average Bonchev–Trinajstić information content (AvgIpc) is 3.47. The van der Waals surface area contributed by atoms with Crippen molar-refractivity contribution in [3.05, 3.63) is 76.3 Å². The van der Waals surface area contributed by atoms with E-state index < -0.39 is 0 Å². The molecule has 0 atom stereocenters. The second-order valence-corrected chi connectivity index (χ2v) is 6.48. The average molecular weight is 333 g/mol. The zero-order valence-electron chi connectivity index (χ0n) is 13.8. The summed E-state index contributed by atoms with van der Waals surface area (Å²) >= 11 is 0. The summed E-state index contributed by atoms with van der Waals surface area (Å²) in [6.45, 7) is 0.830. The number of carbonyl (C=O) groups excluding carboxylic acids is 1. The van der Waals surface area contributed by atoms with Gasteiger partial charge in [0.15, 0.2) is 0 Å². The molecular formula is C20H19N3O2. The molecule has 5 nitrogen and oxygen atoms in total. The minimum Gasteiger partial charge on any atom is -0.331 e. The van der Waals surface area contributed by atoms with E-state index in [4.69, 9.17) is 0 Å². The van der Waals surface area contributed by atoms with Gasteiger partial charge in [-0.25, -0.2) is 4.98 Å². The SMILES string of the molecule is O=C(C1CC1)N(Cc1ccccc1)Cc1nc2ccccc2c(=O)[nH]1. The third-order valence-electron chi connectivity index (χ3n) is 4.46. The Morgan fingerprint density at radius 3 is 2.52 bits per heavy atom. The van der Waals surface area contributed by atoms with Crippen LogP contribution in [0, 0.1) is 5.92 Å². The number of H-pyrrole nitrogens is 1. The van der Waals surface area contributed by atoms with E-state index in [1.54, 1.807) is 11.0 Å². The van der Waals surface area contributed by atoms with Crippen molar-refractivity contribution in [2.75, 3.05) is 0 Å². The number of carbonyl (C=O) groups is 1. The fourth-order valence-electron chi connectivity index (χ4n) is 2.99. The van der Waals surface area contributed by atoms with Crippen LogP contribution in [-0.2, 0) is 17.9 Å². The molecule has 1 aliphatic carbocycles. The van der Waals surface area contributed by atoms with Crippen LogP contribution < -0.4 is 5.56 Å². The molecule has 1 amide bonds. The van der Waals surface area contributed by atoms with Gasteiger partial charge in [0.05, 0.1) is 17.4 Å². The molecule has 0 unspecified atom stereocenters. The van der Waals surface area contributed by atoms with Crippen molar-refractivity contribution in [3.63, 3.8) is 0 Å². The molecule has 1 aliphatic rings. The Labute approximate surface area is 145 Å². The van der Waals surface area contributed by atoms with Crippen LogP contribution in [0.25, 0.3) is 10.9 Å². The first-order valence-corrected chi connectivity index (χ1v) is 8.51. The maximum absolute atomic E-state index is 12.7. The van der Waals surface area contributed by atoms with Crippen LogP contribution in [0.2, 0.25) is 0 Å². The van der Waals surface area contributed by atoms with E-state index in [9.17, 15) is 9.59 Å². The standard InChI is InChI=1S/C20H19N3O2/c24-19-16-8-4-5-9-17(16)21-18(22-19)13-23(20(25)15-10-11-15)12-14-6-2-1-3-7-14/h1-9,15H,10-13H2,(H,21,22,24). The molecule has 1 N–H and O–H groups in total. The fraction of sp³-hybridized carbons (Fsp3) is 0.250. The number of fused-ring (bicyclic) bond motifs is 1. The highest BCUT2D eigenvalue weighted by Gasteiger charge is 2.33. The molecule has 1 heterocycles. The summed E-state index contributed by atoms with van der Waals surface area (Å²) in [5, 5.41) is 0.564. The second-order valence-electron chi connectivity index (χ2n) is 6.48. The van der Waals surface area contributed by atoms with Crippen molar-refractivity contribution >= 4 is 16.8 Å². The number of benzene rings is 2. The van der Waals surface area contributed by atoms with Gasteiger partial charge >= 0.3 is 0 Å². The number of nitrogens with zero attached hydrogens (tertiary/aromatic N) is 2. The van der Waals surface area contributed by atoms with Crippen molar-refractivity contribution in [1.29, 1.82) is 0 Å². The van der Waals surface area contributed by atoms with Crippen molar-refractivity contribution in [2.45, 2.75) is 25.9 Å². The topological polar surface area (TPSA) is 66.1 Å². The van der Waals surface area contributed by atoms with Crippen molar-refractivity contribution < 1.29 is 4.79 Å². The van der Waals surface area contributed by atoms with Gasteiger partial charge in [0.2, 0.25) is 5.91 Å². The van der Waals surface area contributed by atoms with Crippen LogP contribution in [0.1, 0.15) is 24.2 Å². The number of para-hydroxylation sites is 1. The number of nitrogens with one attached hydrogen (secondary N) is 1. The number of aromatic amines is 1. The molecule has 0 spiro atoms. The fourth-order valence-corrected chi connectivity index (χ4v) is 2.99. The molecule has 0 saturated heterocycles. The predicted octanol–water partition coefficient (Wildman–Crippen LogP) is 2.86. The lowest BCUT2D eigenvalue weighted by Crippen LogP contribution is -2.32. The normalized spacial score (nSPS) is 13.8. The highest BCUT2D eigenvalue weighted by Crippen LogP contribution is 2.32. The predicted molar refractivity (Wildman–Crippen MR) is 95.8 cm³/mol. The molecule has 1 saturated carbocycles. The van der Waals surface area contributed by atoms with Gasteiger partial charge in [-0.05, 0) is 30.5 Å². The van der Waals surface area contributed by atoms with Crippen LogP contribution in [0.15, 0.2) is 59.4 Å². The van der Waals surface area contributed by atoms with Crippen molar-refractivity contribution in [1.82, 2.24) is 14.9 Å².